The normalized spacial score (nSPS) is 20.2. The molecular formula is C14H18BrF3N2. The zero-order valence-electron chi connectivity index (χ0n) is 11.3. The molecule has 0 spiro atoms. The summed E-state index contributed by atoms with van der Waals surface area (Å²) in [6.45, 7) is 1.38. The molecule has 1 unspecified atom stereocenters. The minimum absolute atomic E-state index is 0.0574. The second-order valence-electron chi connectivity index (χ2n) is 5.13. The van der Waals surface area contributed by atoms with Crippen LogP contribution in [0.15, 0.2) is 22.7 Å². The van der Waals surface area contributed by atoms with E-state index in [2.05, 4.69) is 21.2 Å². The summed E-state index contributed by atoms with van der Waals surface area (Å²) in [5.41, 5.74) is 1.92. The zero-order valence-corrected chi connectivity index (χ0v) is 12.9. The molecule has 1 aromatic carbocycles. The highest BCUT2D eigenvalue weighted by Crippen LogP contribution is 2.36. The van der Waals surface area contributed by atoms with Gasteiger partial charge in [0, 0.05) is 29.8 Å². The van der Waals surface area contributed by atoms with Crippen molar-refractivity contribution < 1.29 is 13.2 Å². The van der Waals surface area contributed by atoms with Crippen molar-refractivity contribution in [1.29, 1.82) is 0 Å². The number of piperidine rings is 1. The van der Waals surface area contributed by atoms with E-state index in [-0.39, 0.29) is 13.0 Å². The quantitative estimate of drug-likeness (QED) is 0.887. The first-order valence-electron chi connectivity index (χ1n) is 6.66. The lowest BCUT2D eigenvalue weighted by Gasteiger charge is -2.36. The number of nitrogens with one attached hydrogen (secondary N) is 1. The van der Waals surface area contributed by atoms with Gasteiger partial charge in [0.05, 0.1) is 5.92 Å². The van der Waals surface area contributed by atoms with Crippen LogP contribution in [0.3, 0.4) is 0 Å². The molecule has 1 aromatic rings. The van der Waals surface area contributed by atoms with Crippen LogP contribution in [0.1, 0.15) is 18.4 Å². The first kappa shape index (κ1) is 15.6. The van der Waals surface area contributed by atoms with Crippen LogP contribution in [-0.4, -0.2) is 26.3 Å². The Morgan fingerprint density at radius 3 is 2.80 bits per heavy atom. The van der Waals surface area contributed by atoms with Crippen LogP contribution in [-0.2, 0) is 6.54 Å². The Balaban J connectivity index is 2.22. The molecule has 2 nitrogen and oxygen atoms in total. The fourth-order valence-electron chi connectivity index (χ4n) is 2.66. The van der Waals surface area contributed by atoms with Crippen molar-refractivity contribution in [2.24, 2.45) is 5.92 Å². The molecule has 1 N–H and O–H groups in total. The summed E-state index contributed by atoms with van der Waals surface area (Å²) in [4.78, 5) is 1.86. The standard InChI is InChI=1S/C14H18BrF3N2/c1-19-8-10-7-12(15)4-5-13(10)20-6-2-3-11(9-20)14(16,17)18/h4-5,7,11,19H,2-3,6,8-9H2,1H3. The molecule has 1 atom stereocenters. The van der Waals surface area contributed by atoms with Crippen molar-refractivity contribution in [2.75, 3.05) is 25.0 Å². The topological polar surface area (TPSA) is 15.3 Å². The first-order valence-corrected chi connectivity index (χ1v) is 7.46. The average molecular weight is 351 g/mol. The lowest BCUT2D eigenvalue weighted by atomic mass is 9.96. The molecular weight excluding hydrogens is 333 g/mol. The van der Waals surface area contributed by atoms with Crippen molar-refractivity contribution in [1.82, 2.24) is 5.32 Å². The third-order valence-corrected chi connectivity index (χ3v) is 4.13. The molecule has 0 aromatic heterocycles. The fraction of sp³-hybridized carbons (Fsp3) is 0.571. The van der Waals surface area contributed by atoms with Gasteiger partial charge >= 0.3 is 6.18 Å². The van der Waals surface area contributed by atoms with Gasteiger partial charge in [-0.3, -0.25) is 0 Å². The second-order valence-corrected chi connectivity index (χ2v) is 6.05. The Morgan fingerprint density at radius 2 is 2.15 bits per heavy atom. The summed E-state index contributed by atoms with van der Waals surface area (Å²) in [7, 11) is 1.83. The lowest BCUT2D eigenvalue weighted by molar-refractivity contribution is -0.176. The van der Waals surface area contributed by atoms with Gasteiger partial charge in [-0.25, -0.2) is 0 Å². The number of hydrogen-bond donors (Lipinski definition) is 1. The van der Waals surface area contributed by atoms with E-state index in [1.54, 1.807) is 0 Å². The van der Waals surface area contributed by atoms with Crippen LogP contribution >= 0.6 is 15.9 Å². The van der Waals surface area contributed by atoms with E-state index in [9.17, 15) is 13.2 Å². The van der Waals surface area contributed by atoms with Crippen molar-refractivity contribution in [3.8, 4) is 0 Å². The highest BCUT2D eigenvalue weighted by Gasteiger charge is 2.42. The predicted octanol–water partition coefficient (Wildman–Crippen LogP) is 3.95. The number of anilines is 1. The van der Waals surface area contributed by atoms with Gasteiger partial charge in [0.25, 0.3) is 0 Å². The summed E-state index contributed by atoms with van der Waals surface area (Å²) in [6.07, 6.45) is -3.28. The number of halogens is 4. The lowest BCUT2D eigenvalue weighted by Crippen LogP contribution is -2.42. The van der Waals surface area contributed by atoms with Crippen LogP contribution in [0, 0.1) is 5.92 Å². The molecule has 1 aliphatic rings. The van der Waals surface area contributed by atoms with Crippen LogP contribution in [0.4, 0.5) is 18.9 Å². The van der Waals surface area contributed by atoms with Crippen molar-refractivity contribution in [3.05, 3.63) is 28.2 Å². The van der Waals surface area contributed by atoms with Gasteiger partial charge in [0.1, 0.15) is 0 Å². The van der Waals surface area contributed by atoms with E-state index in [1.165, 1.54) is 0 Å². The monoisotopic (exact) mass is 350 g/mol. The molecule has 0 saturated carbocycles. The molecule has 1 heterocycles. The maximum Gasteiger partial charge on any atom is 0.393 e. The molecule has 0 bridgehead atoms. The molecule has 0 amide bonds. The molecule has 2 rings (SSSR count). The Kier molecular flexibility index (Phi) is 4.96. The molecule has 0 aliphatic carbocycles. The van der Waals surface area contributed by atoms with Gasteiger partial charge in [-0.15, -0.1) is 0 Å². The summed E-state index contributed by atoms with van der Waals surface area (Å²) < 4.78 is 39.6. The van der Waals surface area contributed by atoms with Crippen molar-refractivity contribution >= 4 is 21.6 Å². The largest absolute Gasteiger partial charge is 0.393 e. The molecule has 1 saturated heterocycles. The second kappa shape index (κ2) is 6.35. The van der Waals surface area contributed by atoms with Gasteiger partial charge in [-0.1, -0.05) is 15.9 Å². The van der Waals surface area contributed by atoms with E-state index < -0.39 is 12.1 Å². The summed E-state index contributed by atoms with van der Waals surface area (Å²) in [5.74, 6) is -1.22. The number of alkyl halides is 3. The predicted molar refractivity (Wildman–Crippen MR) is 77.9 cm³/mol. The number of hydrogen-bond acceptors (Lipinski definition) is 2. The molecule has 112 valence electrons. The summed E-state index contributed by atoms with van der Waals surface area (Å²) in [5, 5.41) is 3.06. The van der Waals surface area contributed by atoms with Crippen molar-refractivity contribution in [2.45, 2.75) is 25.6 Å². The summed E-state index contributed by atoms with van der Waals surface area (Å²) in [6, 6.07) is 5.74. The maximum atomic E-state index is 12.9. The van der Waals surface area contributed by atoms with E-state index in [0.29, 0.717) is 19.5 Å². The Morgan fingerprint density at radius 1 is 1.40 bits per heavy atom. The SMILES string of the molecule is CNCc1cc(Br)ccc1N1CCCC(C(F)(F)F)C1. The molecule has 1 aliphatic heterocycles. The third kappa shape index (κ3) is 3.67. The molecule has 1 fully saturated rings. The van der Waals surface area contributed by atoms with Gasteiger partial charge in [0.15, 0.2) is 0 Å². The maximum absolute atomic E-state index is 12.9. The first-order chi connectivity index (χ1) is 9.41. The van der Waals surface area contributed by atoms with Gasteiger partial charge < -0.3 is 10.2 Å². The Labute approximate surface area is 125 Å². The number of benzene rings is 1. The van der Waals surface area contributed by atoms with Gasteiger partial charge in [-0.2, -0.15) is 13.2 Å². The highest BCUT2D eigenvalue weighted by molar-refractivity contribution is 9.10. The van der Waals surface area contributed by atoms with E-state index in [1.807, 2.05) is 30.1 Å². The molecule has 6 heteroatoms. The number of rotatable bonds is 3. The Hall–Kier alpha value is -0.750. The van der Waals surface area contributed by atoms with E-state index in [0.717, 1.165) is 15.7 Å². The van der Waals surface area contributed by atoms with Crippen LogP contribution in [0.25, 0.3) is 0 Å². The zero-order chi connectivity index (χ0) is 14.8. The van der Waals surface area contributed by atoms with E-state index >= 15 is 0 Å². The average Bonchev–Trinajstić information content (AvgIpc) is 2.38. The van der Waals surface area contributed by atoms with Crippen molar-refractivity contribution in [3.63, 3.8) is 0 Å². The minimum atomic E-state index is -4.10. The van der Waals surface area contributed by atoms with E-state index in [4.69, 9.17) is 0 Å². The van der Waals surface area contributed by atoms with Crippen LogP contribution in [0.5, 0.6) is 0 Å². The smallest absolute Gasteiger partial charge is 0.371 e. The molecule has 20 heavy (non-hydrogen) atoms. The van der Waals surface area contributed by atoms with Gasteiger partial charge in [-0.05, 0) is 43.7 Å². The summed E-state index contributed by atoms with van der Waals surface area (Å²) >= 11 is 3.41. The highest BCUT2D eigenvalue weighted by atomic mass is 79.9. The number of nitrogens with zero attached hydrogens (tertiary/aromatic N) is 1. The van der Waals surface area contributed by atoms with Crippen LogP contribution in [0.2, 0.25) is 0 Å². The molecule has 0 radical (unpaired) electrons. The Bertz CT molecular complexity index is 462. The third-order valence-electron chi connectivity index (χ3n) is 3.63. The minimum Gasteiger partial charge on any atom is -0.371 e. The fourth-order valence-corrected chi connectivity index (χ4v) is 3.07. The van der Waals surface area contributed by atoms with Gasteiger partial charge in [0.2, 0.25) is 0 Å². The van der Waals surface area contributed by atoms with Crippen LogP contribution < -0.4 is 10.2 Å².